The summed E-state index contributed by atoms with van der Waals surface area (Å²) >= 11 is 0. The van der Waals surface area contributed by atoms with Crippen LogP contribution in [0.15, 0.2) is 28.5 Å². The second-order valence-corrected chi connectivity index (χ2v) is 4.68. The van der Waals surface area contributed by atoms with E-state index in [9.17, 15) is 13.2 Å². The van der Waals surface area contributed by atoms with E-state index in [0.717, 1.165) is 5.41 Å². The van der Waals surface area contributed by atoms with Gasteiger partial charge >= 0.3 is 0 Å². The Balaban J connectivity index is 2.82. The predicted octanol–water partition coefficient (Wildman–Crippen LogP) is 0.719. The van der Waals surface area contributed by atoms with Gasteiger partial charge in [0.05, 0.1) is 4.90 Å². The van der Waals surface area contributed by atoms with E-state index in [-0.39, 0.29) is 21.8 Å². The molecule has 1 aromatic rings. The van der Waals surface area contributed by atoms with Crippen molar-refractivity contribution in [2.45, 2.75) is 4.90 Å². The number of hydrogen-bond acceptors (Lipinski definition) is 4. The summed E-state index contributed by atoms with van der Waals surface area (Å²) in [5.74, 6) is -0.0615. The summed E-state index contributed by atoms with van der Waals surface area (Å²) in [6, 6.07) is 3.82. The average Bonchev–Trinajstić information content (AvgIpc) is 2.37. The highest BCUT2D eigenvalue weighted by Gasteiger charge is 2.26. The first-order valence-corrected chi connectivity index (χ1v) is 5.34. The molecular weight excluding hydrogens is 204 g/mol. The van der Waals surface area contributed by atoms with E-state index in [0.29, 0.717) is 6.29 Å². The smallest absolute Gasteiger partial charge is 0.201 e. The van der Waals surface area contributed by atoms with Gasteiger partial charge in [-0.2, -0.15) is 0 Å². The third-order valence-corrected chi connectivity index (χ3v) is 3.52. The Bertz CT molecular complexity index is 540. The van der Waals surface area contributed by atoms with Crippen LogP contribution >= 0.6 is 0 Å². The third-order valence-electron chi connectivity index (χ3n) is 1.99. The number of carbonyl (C=O) groups excluding carboxylic acids is 1. The zero-order valence-electron chi connectivity index (χ0n) is 6.97. The molecule has 0 saturated heterocycles. The summed E-state index contributed by atoms with van der Waals surface area (Å²) in [5, 5.41) is 10.0. The highest BCUT2D eigenvalue weighted by molar-refractivity contribution is 7.95. The lowest BCUT2D eigenvalue weighted by atomic mass is 10.1. The van der Waals surface area contributed by atoms with E-state index in [4.69, 9.17) is 5.11 Å². The number of phenolic OH excluding ortho intramolecular Hbond substituents is 1. The molecule has 1 heterocycles. The number of fused-ring (bicyclic) bond motifs is 1. The van der Waals surface area contributed by atoms with Gasteiger partial charge in [0.15, 0.2) is 6.29 Å². The predicted molar refractivity (Wildman–Crippen MR) is 49.3 cm³/mol. The Morgan fingerprint density at radius 3 is 2.64 bits per heavy atom. The summed E-state index contributed by atoms with van der Waals surface area (Å²) in [7, 11) is -3.49. The number of phenols is 1. The van der Waals surface area contributed by atoms with Gasteiger partial charge in [-0.05, 0) is 18.2 Å². The molecule has 1 N–H and O–H groups in total. The number of benzene rings is 1. The minimum Gasteiger partial charge on any atom is -0.508 e. The Hall–Kier alpha value is -1.62. The second-order valence-electron chi connectivity index (χ2n) is 2.92. The van der Waals surface area contributed by atoms with Gasteiger partial charge < -0.3 is 5.11 Å². The van der Waals surface area contributed by atoms with Gasteiger partial charge in [0, 0.05) is 16.5 Å². The van der Waals surface area contributed by atoms with Crippen LogP contribution in [-0.4, -0.2) is 19.8 Å². The molecule has 0 radical (unpaired) electrons. The quantitative estimate of drug-likeness (QED) is 0.693. The average molecular weight is 210 g/mol. The van der Waals surface area contributed by atoms with E-state index in [1.54, 1.807) is 0 Å². The lowest BCUT2D eigenvalue weighted by Gasteiger charge is -1.99. The van der Waals surface area contributed by atoms with Crippen molar-refractivity contribution in [1.29, 1.82) is 0 Å². The van der Waals surface area contributed by atoms with Crippen molar-refractivity contribution in [3.05, 3.63) is 29.2 Å². The van der Waals surface area contributed by atoms with Gasteiger partial charge in [0.25, 0.3) is 0 Å². The Kier molecular flexibility index (Phi) is 1.72. The van der Waals surface area contributed by atoms with Crippen LogP contribution in [0.5, 0.6) is 5.75 Å². The van der Waals surface area contributed by atoms with E-state index >= 15 is 0 Å². The summed E-state index contributed by atoms with van der Waals surface area (Å²) in [4.78, 5) is 10.6. The molecule has 1 aromatic carbocycles. The maximum Gasteiger partial charge on any atom is 0.201 e. The number of aldehydes is 1. The minimum absolute atomic E-state index is 0.0615. The fourth-order valence-corrected chi connectivity index (χ4v) is 2.76. The van der Waals surface area contributed by atoms with Crippen LogP contribution in [0.4, 0.5) is 0 Å². The number of rotatable bonds is 1. The first-order chi connectivity index (χ1) is 6.54. The molecule has 0 atom stereocenters. The summed E-state index contributed by atoms with van der Waals surface area (Å²) in [6.45, 7) is 0. The van der Waals surface area contributed by atoms with Crippen molar-refractivity contribution in [2.24, 2.45) is 0 Å². The van der Waals surface area contributed by atoms with Crippen LogP contribution in [0.25, 0.3) is 5.57 Å². The molecule has 1 aliphatic rings. The molecule has 0 bridgehead atoms. The highest BCUT2D eigenvalue weighted by atomic mass is 32.2. The minimum atomic E-state index is -3.49. The molecule has 0 amide bonds. The number of carbonyl (C=O) groups is 1. The molecule has 14 heavy (non-hydrogen) atoms. The molecule has 0 aromatic heterocycles. The first-order valence-electron chi connectivity index (χ1n) is 3.80. The van der Waals surface area contributed by atoms with E-state index in [1.165, 1.54) is 18.2 Å². The van der Waals surface area contributed by atoms with E-state index < -0.39 is 9.84 Å². The maximum atomic E-state index is 11.4. The van der Waals surface area contributed by atoms with Gasteiger partial charge in [0.2, 0.25) is 9.84 Å². The molecule has 0 spiro atoms. The van der Waals surface area contributed by atoms with Crippen molar-refractivity contribution in [3.63, 3.8) is 0 Å². The third kappa shape index (κ3) is 1.13. The molecule has 0 unspecified atom stereocenters. The van der Waals surface area contributed by atoms with Crippen LogP contribution in [0.3, 0.4) is 0 Å². The monoisotopic (exact) mass is 210 g/mol. The summed E-state index contributed by atoms with van der Waals surface area (Å²) in [5.41, 5.74) is 0.343. The molecule has 4 nitrogen and oxygen atoms in total. The van der Waals surface area contributed by atoms with Crippen LogP contribution in [0.2, 0.25) is 0 Å². The Morgan fingerprint density at radius 2 is 2.00 bits per heavy atom. The number of sulfone groups is 1. The van der Waals surface area contributed by atoms with Crippen molar-refractivity contribution in [3.8, 4) is 5.75 Å². The van der Waals surface area contributed by atoms with Crippen LogP contribution in [-0.2, 0) is 14.6 Å². The zero-order valence-corrected chi connectivity index (χ0v) is 7.78. The standard InChI is InChI=1S/C9H6O4S/c10-4-6-5-14(12,13)9-2-1-7(11)3-8(6)9/h1-5,11H. The van der Waals surface area contributed by atoms with Gasteiger partial charge in [-0.1, -0.05) is 0 Å². The number of hydrogen-bond donors (Lipinski definition) is 1. The van der Waals surface area contributed by atoms with Crippen LogP contribution in [0.1, 0.15) is 5.56 Å². The molecule has 0 fully saturated rings. The molecular formula is C9H6O4S. The van der Waals surface area contributed by atoms with Gasteiger partial charge in [-0.3, -0.25) is 4.79 Å². The molecule has 0 aliphatic carbocycles. The molecule has 1 aliphatic heterocycles. The largest absolute Gasteiger partial charge is 0.508 e. The lowest BCUT2D eigenvalue weighted by Crippen LogP contribution is -1.92. The maximum absolute atomic E-state index is 11.4. The Labute approximate surface area is 80.4 Å². The van der Waals surface area contributed by atoms with Crippen LogP contribution < -0.4 is 0 Å². The van der Waals surface area contributed by atoms with Crippen LogP contribution in [0, 0.1) is 0 Å². The van der Waals surface area contributed by atoms with Crippen molar-refractivity contribution >= 4 is 21.7 Å². The van der Waals surface area contributed by atoms with Gasteiger partial charge in [0.1, 0.15) is 5.75 Å². The first kappa shape index (κ1) is 8.96. The SMILES string of the molecule is O=CC1=CS(=O)(=O)c2ccc(O)cc21. The number of aromatic hydroxyl groups is 1. The van der Waals surface area contributed by atoms with Gasteiger partial charge in [-0.15, -0.1) is 0 Å². The molecule has 72 valence electrons. The summed E-state index contributed by atoms with van der Waals surface area (Å²) < 4.78 is 22.8. The van der Waals surface area contributed by atoms with Crippen molar-refractivity contribution in [2.75, 3.05) is 0 Å². The van der Waals surface area contributed by atoms with Crippen molar-refractivity contribution in [1.82, 2.24) is 0 Å². The zero-order chi connectivity index (χ0) is 10.3. The summed E-state index contributed by atoms with van der Waals surface area (Å²) in [6.07, 6.45) is 0.461. The van der Waals surface area contributed by atoms with Gasteiger partial charge in [-0.25, -0.2) is 8.42 Å². The lowest BCUT2D eigenvalue weighted by molar-refractivity contribution is -0.103. The highest BCUT2D eigenvalue weighted by Crippen LogP contribution is 2.34. The molecule has 2 rings (SSSR count). The fourth-order valence-electron chi connectivity index (χ4n) is 1.38. The normalized spacial score (nSPS) is 17.3. The fraction of sp³-hybridized carbons (Fsp3) is 0. The van der Waals surface area contributed by atoms with E-state index in [1.807, 2.05) is 0 Å². The van der Waals surface area contributed by atoms with E-state index in [2.05, 4.69) is 0 Å². The topological polar surface area (TPSA) is 71.4 Å². The second kappa shape index (κ2) is 2.68. The molecule has 5 heteroatoms. The molecule has 0 saturated carbocycles. The number of allylic oxidation sites excluding steroid dienone is 1. The Morgan fingerprint density at radius 1 is 1.29 bits per heavy atom. The van der Waals surface area contributed by atoms with Crippen molar-refractivity contribution < 1.29 is 18.3 Å².